The van der Waals surface area contributed by atoms with Crippen molar-refractivity contribution in [3.05, 3.63) is 52.4 Å². The highest BCUT2D eigenvalue weighted by atomic mass is 35.5. The third-order valence-corrected chi connectivity index (χ3v) is 3.87. The smallest absolute Gasteiger partial charge is 0.224 e. The summed E-state index contributed by atoms with van der Waals surface area (Å²) in [4.78, 5) is 11.1. The maximum Gasteiger partial charge on any atom is 0.224 e. The molecule has 0 saturated carbocycles. The lowest BCUT2D eigenvalue weighted by Crippen LogP contribution is -2.32. The molecule has 1 aliphatic rings. The number of nitrogens with one attached hydrogen (secondary N) is 1. The van der Waals surface area contributed by atoms with Crippen LogP contribution in [0, 0.1) is 0 Å². The predicted molar refractivity (Wildman–Crippen MR) is 81.2 cm³/mol. The van der Waals surface area contributed by atoms with Crippen molar-refractivity contribution in [1.82, 2.24) is 14.9 Å². The molecule has 0 fully saturated rings. The molecule has 0 radical (unpaired) electrons. The van der Waals surface area contributed by atoms with Gasteiger partial charge in [0.1, 0.15) is 5.82 Å². The minimum Gasteiger partial charge on any atom is -0.373 e. The molecular weight excluding hydrogens is 272 g/mol. The normalized spacial score (nSPS) is 18.6. The SMILES string of the molecule is CNc1nc(Cl)nc2c1CN(C)CC2c1ccccc1. The Balaban J connectivity index is 2.15. The Kier molecular flexibility index (Phi) is 3.59. The molecule has 2 aromatic rings. The second-order valence-electron chi connectivity index (χ2n) is 5.12. The van der Waals surface area contributed by atoms with Crippen LogP contribution in [0.15, 0.2) is 30.3 Å². The van der Waals surface area contributed by atoms with Crippen LogP contribution in [0.25, 0.3) is 0 Å². The van der Waals surface area contributed by atoms with E-state index in [0.717, 1.165) is 30.2 Å². The lowest BCUT2D eigenvalue weighted by molar-refractivity contribution is 0.291. The van der Waals surface area contributed by atoms with Gasteiger partial charge < -0.3 is 10.2 Å². The molecule has 104 valence electrons. The number of nitrogens with zero attached hydrogens (tertiary/aromatic N) is 3. The fourth-order valence-corrected chi connectivity index (χ4v) is 2.98. The first-order valence-corrected chi connectivity index (χ1v) is 7.04. The van der Waals surface area contributed by atoms with E-state index in [0.29, 0.717) is 5.28 Å². The van der Waals surface area contributed by atoms with E-state index in [1.807, 2.05) is 13.1 Å². The molecule has 1 unspecified atom stereocenters. The fraction of sp³-hybridized carbons (Fsp3) is 0.333. The van der Waals surface area contributed by atoms with Crippen LogP contribution in [0.2, 0.25) is 5.28 Å². The zero-order valence-electron chi connectivity index (χ0n) is 11.6. The lowest BCUT2D eigenvalue weighted by atomic mass is 9.89. The number of benzene rings is 1. The van der Waals surface area contributed by atoms with Crippen molar-refractivity contribution in [2.24, 2.45) is 0 Å². The standard InChI is InChI=1S/C15H17ClN4/c1-17-14-12-9-20(2)8-11(10-6-4-3-5-7-10)13(12)18-15(16)19-14/h3-7,11H,8-9H2,1-2H3,(H,17,18,19). The Labute approximate surface area is 123 Å². The number of halogens is 1. The average molecular weight is 289 g/mol. The van der Waals surface area contributed by atoms with Crippen LogP contribution < -0.4 is 5.32 Å². The van der Waals surface area contributed by atoms with E-state index >= 15 is 0 Å². The Hall–Kier alpha value is -1.65. The highest BCUT2D eigenvalue weighted by molar-refractivity contribution is 6.28. The Morgan fingerprint density at radius 3 is 2.70 bits per heavy atom. The lowest BCUT2D eigenvalue weighted by Gasteiger charge is -2.32. The van der Waals surface area contributed by atoms with E-state index in [4.69, 9.17) is 11.6 Å². The quantitative estimate of drug-likeness (QED) is 0.863. The Bertz CT molecular complexity index is 615. The molecule has 0 bridgehead atoms. The monoisotopic (exact) mass is 288 g/mol. The maximum absolute atomic E-state index is 6.07. The average Bonchev–Trinajstić information content (AvgIpc) is 2.47. The molecule has 5 heteroatoms. The molecule has 1 aliphatic heterocycles. The van der Waals surface area contributed by atoms with Gasteiger partial charge >= 0.3 is 0 Å². The second-order valence-corrected chi connectivity index (χ2v) is 5.45. The number of hydrogen-bond acceptors (Lipinski definition) is 4. The molecule has 0 spiro atoms. The minimum atomic E-state index is 0.234. The van der Waals surface area contributed by atoms with Crippen LogP contribution in [0.4, 0.5) is 5.82 Å². The van der Waals surface area contributed by atoms with Crippen LogP contribution in [0.1, 0.15) is 22.7 Å². The van der Waals surface area contributed by atoms with Crippen molar-refractivity contribution in [3.8, 4) is 0 Å². The van der Waals surface area contributed by atoms with E-state index in [9.17, 15) is 0 Å². The minimum absolute atomic E-state index is 0.234. The van der Waals surface area contributed by atoms with E-state index < -0.39 is 0 Å². The molecule has 2 heterocycles. The van der Waals surface area contributed by atoms with Crippen molar-refractivity contribution in [3.63, 3.8) is 0 Å². The van der Waals surface area contributed by atoms with Crippen LogP contribution >= 0.6 is 11.6 Å². The van der Waals surface area contributed by atoms with Crippen LogP contribution in [0.5, 0.6) is 0 Å². The molecule has 1 atom stereocenters. The van der Waals surface area contributed by atoms with Crippen molar-refractivity contribution < 1.29 is 0 Å². The third-order valence-electron chi connectivity index (χ3n) is 3.70. The summed E-state index contributed by atoms with van der Waals surface area (Å²) in [5.41, 5.74) is 3.44. The zero-order chi connectivity index (χ0) is 14.1. The highest BCUT2D eigenvalue weighted by Gasteiger charge is 2.29. The van der Waals surface area contributed by atoms with Gasteiger partial charge in [-0.2, -0.15) is 0 Å². The first-order chi connectivity index (χ1) is 9.69. The molecule has 0 amide bonds. The van der Waals surface area contributed by atoms with Gasteiger partial charge in [0.15, 0.2) is 0 Å². The van der Waals surface area contributed by atoms with E-state index in [-0.39, 0.29) is 5.92 Å². The molecule has 0 saturated heterocycles. The number of fused-ring (bicyclic) bond motifs is 1. The summed E-state index contributed by atoms with van der Waals surface area (Å²) >= 11 is 6.07. The highest BCUT2D eigenvalue weighted by Crippen LogP contribution is 2.34. The Morgan fingerprint density at radius 2 is 2.00 bits per heavy atom. The Morgan fingerprint density at radius 1 is 1.25 bits per heavy atom. The summed E-state index contributed by atoms with van der Waals surface area (Å²) in [6, 6.07) is 10.4. The largest absolute Gasteiger partial charge is 0.373 e. The van der Waals surface area contributed by atoms with Gasteiger partial charge in [-0.25, -0.2) is 9.97 Å². The number of rotatable bonds is 2. The van der Waals surface area contributed by atoms with E-state index in [1.165, 1.54) is 5.56 Å². The molecular formula is C15H17ClN4. The van der Waals surface area contributed by atoms with E-state index in [1.54, 1.807) is 0 Å². The molecule has 1 N–H and O–H groups in total. The van der Waals surface area contributed by atoms with E-state index in [2.05, 4.69) is 51.5 Å². The van der Waals surface area contributed by atoms with Crippen molar-refractivity contribution in [1.29, 1.82) is 0 Å². The second kappa shape index (κ2) is 5.38. The number of hydrogen-bond donors (Lipinski definition) is 1. The summed E-state index contributed by atoms with van der Waals surface area (Å²) in [6.45, 7) is 1.78. The zero-order valence-corrected chi connectivity index (χ0v) is 12.4. The third kappa shape index (κ3) is 2.37. The fourth-order valence-electron chi connectivity index (χ4n) is 2.81. The summed E-state index contributed by atoms with van der Waals surface area (Å²) in [5.74, 6) is 1.06. The maximum atomic E-state index is 6.07. The summed E-state index contributed by atoms with van der Waals surface area (Å²) in [7, 11) is 3.98. The van der Waals surface area contributed by atoms with Gasteiger partial charge in [0.2, 0.25) is 5.28 Å². The van der Waals surface area contributed by atoms with Crippen molar-refractivity contribution in [2.45, 2.75) is 12.5 Å². The van der Waals surface area contributed by atoms with Crippen LogP contribution in [-0.4, -0.2) is 35.5 Å². The number of aromatic nitrogens is 2. The van der Waals surface area contributed by atoms with Gasteiger partial charge in [-0.15, -0.1) is 0 Å². The summed E-state index contributed by atoms with van der Waals surface area (Å²) in [6.07, 6.45) is 0. The van der Waals surface area contributed by atoms with Crippen molar-refractivity contribution in [2.75, 3.05) is 26.0 Å². The number of likely N-dealkylation sites (N-methyl/N-ethyl adjacent to an activating group) is 1. The molecule has 20 heavy (non-hydrogen) atoms. The van der Waals surface area contributed by atoms with Gasteiger partial charge in [0, 0.05) is 31.6 Å². The summed E-state index contributed by atoms with van der Waals surface area (Å²) in [5, 5.41) is 3.43. The number of anilines is 1. The van der Waals surface area contributed by atoms with Gasteiger partial charge in [0.05, 0.1) is 5.69 Å². The van der Waals surface area contributed by atoms with Gasteiger partial charge in [-0.05, 0) is 24.2 Å². The first kappa shape index (κ1) is 13.3. The van der Waals surface area contributed by atoms with Gasteiger partial charge in [-0.1, -0.05) is 30.3 Å². The van der Waals surface area contributed by atoms with Crippen LogP contribution in [-0.2, 0) is 6.54 Å². The van der Waals surface area contributed by atoms with Crippen molar-refractivity contribution >= 4 is 17.4 Å². The molecule has 0 aliphatic carbocycles. The summed E-state index contributed by atoms with van der Waals surface area (Å²) < 4.78 is 0. The first-order valence-electron chi connectivity index (χ1n) is 6.66. The van der Waals surface area contributed by atoms with Crippen LogP contribution in [0.3, 0.4) is 0 Å². The predicted octanol–water partition coefficient (Wildman–Crippen LogP) is 2.75. The van der Waals surface area contributed by atoms with Gasteiger partial charge in [0.25, 0.3) is 0 Å². The molecule has 1 aromatic heterocycles. The molecule has 4 nitrogen and oxygen atoms in total. The topological polar surface area (TPSA) is 41.1 Å². The van der Waals surface area contributed by atoms with Gasteiger partial charge in [-0.3, -0.25) is 0 Å². The molecule has 1 aromatic carbocycles. The molecule has 3 rings (SSSR count).